The first-order chi connectivity index (χ1) is 20.1. The minimum atomic E-state index is -0.00861. The Balaban J connectivity index is 0.979. The van der Waals surface area contributed by atoms with Crippen LogP contribution < -0.4 is 10.6 Å². The van der Waals surface area contributed by atoms with Crippen molar-refractivity contribution < 1.29 is 9.53 Å². The highest BCUT2D eigenvalue weighted by Crippen LogP contribution is 2.28. The number of piperidine rings is 1. The van der Waals surface area contributed by atoms with Gasteiger partial charge in [0.05, 0.1) is 19.3 Å². The number of likely N-dealkylation sites (tertiary alicyclic amines) is 2. The summed E-state index contributed by atoms with van der Waals surface area (Å²) in [6, 6.07) is 13.6. The Morgan fingerprint density at radius 3 is 2.76 bits per heavy atom. The Hall–Kier alpha value is -3.45. The number of amides is 1. The Labute approximate surface area is 244 Å². The van der Waals surface area contributed by atoms with E-state index in [0.717, 1.165) is 54.6 Å². The number of anilines is 3. The van der Waals surface area contributed by atoms with Crippen LogP contribution in [-0.2, 0) is 9.53 Å². The summed E-state index contributed by atoms with van der Waals surface area (Å²) in [4.78, 5) is 27.8. The Morgan fingerprint density at radius 2 is 1.95 bits per heavy atom. The number of carbonyl (C=O) groups is 1. The molecule has 0 saturated carbocycles. The molecule has 2 aliphatic rings. The molecule has 2 fully saturated rings. The third-order valence-corrected chi connectivity index (χ3v) is 8.34. The molecule has 11 nitrogen and oxygen atoms in total. The van der Waals surface area contributed by atoms with Crippen molar-refractivity contribution in [2.24, 2.45) is 0 Å². The van der Waals surface area contributed by atoms with E-state index in [4.69, 9.17) is 9.72 Å². The van der Waals surface area contributed by atoms with E-state index in [9.17, 15) is 4.79 Å². The molecular weight excluding hydrogens is 538 g/mol. The smallest absolute Gasteiger partial charge is 0.238 e. The molecule has 0 spiro atoms. The second-order valence-electron chi connectivity index (χ2n) is 10.7. The first-order valence-corrected chi connectivity index (χ1v) is 15.2. The zero-order valence-electron chi connectivity index (χ0n) is 23.4. The van der Waals surface area contributed by atoms with Crippen LogP contribution in [0, 0.1) is 6.92 Å². The topological polar surface area (TPSA) is 116 Å². The van der Waals surface area contributed by atoms with Crippen molar-refractivity contribution in [1.29, 1.82) is 0 Å². The summed E-state index contributed by atoms with van der Waals surface area (Å²) in [5.74, 6) is 1.32. The van der Waals surface area contributed by atoms with Crippen molar-refractivity contribution in [2.45, 2.75) is 48.8 Å². The highest BCUT2D eigenvalue weighted by molar-refractivity contribution is 7.99. The number of hydrogen-bond acceptors (Lipinski definition) is 9. The van der Waals surface area contributed by atoms with E-state index in [-0.39, 0.29) is 12.0 Å². The van der Waals surface area contributed by atoms with E-state index in [1.807, 2.05) is 60.0 Å². The third-order valence-electron chi connectivity index (χ3n) is 7.47. The number of ether oxygens (including phenoxy) is 1. The molecule has 2 aliphatic heterocycles. The van der Waals surface area contributed by atoms with E-state index < -0.39 is 0 Å². The molecule has 0 radical (unpaired) electrons. The van der Waals surface area contributed by atoms with Crippen molar-refractivity contribution in [3.63, 3.8) is 0 Å². The third kappa shape index (κ3) is 7.45. The van der Waals surface area contributed by atoms with Gasteiger partial charge in [-0.15, -0.1) is 0 Å². The van der Waals surface area contributed by atoms with Crippen molar-refractivity contribution >= 4 is 40.8 Å². The second-order valence-corrected chi connectivity index (χ2v) is 11.8. The standard InChI is InChI=1S/C29H37N9O2S/c1-21-18-25(35-34-21)31-28-33-29(32-26-6-5-14-38(26)28)41-24-9-7-22(8-10-24)30-27(39)20-37-15-11-23(19-37)40-17-16-36-12-3-2-4-13-36/h5-10,14,18,23H,2-4,11-13,15-17,19-20H2,1H3,(H,30,39)(H2,31,32,33,34,35)/t23-/m1/s1. The molecule has 1 atom stereocenters. The van der Waals surface area contributed by atoms with Gasteiger partial charge in [0.1, 0.15) is 5.65 Å². The summed E-state index contributed by atoms with van der Waals surface area (Å²) in [6.07, 6.45) is 7.07. The van der Waals surface area contributed by atoms with Crippen LogP contribution in [0.25, 0.3) is 5.65 Å². The van der Waals surface area contributed by atoms with E-state index in [1.165, 1.54) is 44.1 Å². The summed E-state index contributed by atoms with van der Waals surface area (Å²) < 4.78 is 8.00. The zero-order valence-corrected chi connectivity index (χ0v) is 24.2. The molecule has 2 saturated heterocycles. The number of H-pyrrole nitrogens is 1. The lowest BCUT2D eigenvalue weighted by molar-refractivity contribution is -0.117. The van der Waals surface area contributed by atoms with Crippen LogP contribution in [-0.4, -0.2) is 92.3 Å². The van der Waals surface area contributed by atoms with Crippen molar-refractivity contribution in [1.82, 2.24) is 34.4 Å². The SMILES string of the molecule is Cc1cc(Nc2nc(Sc3ccc(NC(=O)CN4CC[C@@H](OCCN5CCCCC5)C4)cc3)nc3cccn23)n[nH]1. The molecule has 4 aromatic rings. The first kappa shape index (κ1) is 27.7. The molecule has 1 amide bonds. The lowest BCUT2D eigenvalue weighted by atomic mass is 10.1. The molecule has 0 aliphatic carbocycles. The average Bonchev–Trinajstić information content (AvgIpc) is 3.72. The highest BCUT2D eigenvalue weighted by Gasteiger charge is 2.25. The minimum Gasteiger partial charge on any atom is -0.376 e. The van der Waals surface area contributed by atoms with Crippen molar-refractivity contribution in [3.05, 3.63) is 54.4 Å². The number of aryl methyl sites for hydroxylation is 1. The van der Waals surface area contributed by atoms with E-state index >= 15 is 0 Å². The van der Waals surface area contributed by atoms with Gasteiger partial charge in [-0.1, -0.05) is 6.42 Å². The van der Waals surface area contributed by atoms with Gasteiger partial charge in [-0.25, -0.2) is 4.98 Å². The van der Waals surface area contributed by atoms with Gasteiger partial charge in [-0.3, -0.25) is 19.2 Å². The summed E-state index contributed by atoms with van der Waals surface area (Å²) >= 11 is 1.46. The number of rotatable bonds is 11. The molecule has 3 N–H and O–H groups in total. The van der Waals surface area contributed by atoms with Gasteiger partial charge in [-0.05, 0) is 87.4 Å². The quantitative estimate of drug-likeness (QED) is 0.242. The highest BCUT2D eigenvalue weighted by atomic mass is 32.2. The molecular formula is C29H37N9O2S. The maximum absolute atomic E-state index is 12.7. The molecule has 12 heteroatoms. The Bertz CT molecular complexity index is 1450. The predicted molar refractivity (Wildman–Crippen MR) is 160 cm³/mol. The van der Waals surface area contributed by atoms with E-state index in [1.54, 1.807) is 0 Å². The average molecular weight is 576 g/mol. The molecule has 0 bridgehead atoms. The summed E-state index contributed by atoms with van der Waals surface area (Å²) in [7, 11) is 0. The monoisotopic (exact) mass is 575 g/mol. The van der Waals surface area contributed by atoms with Crippen LogP contribution in [0.2, 0.25) is 0 Å². The Kier molecular flexibility index (Phi) is 8.80. The number of aromatic amines is 1. The van der Waals surface area contributed by atoms with Crippen LogP contribution in [0.3, 0.4) is 0 Å². The summed E-state index contributed by atoms with van der Waals surface area (Å²) in [5, 5.41) is 14.1. The minimum absolute atomic E-state index is 0.00861. The molecule has 3 aromatic heterocycles. The predicted octanol–water partition coefficient (Wildman–Crippen LogP) is 4.17. The van der Waals surface area contributed by atoms with Gasteiger partial charge < -0.3 is 20.3 Å². The fourth-order valence-electron chi connectivity index (χ4n) is 5.36. The zero-order chi connectivity index (χ0) is 28.0. The van der Waals surface area contributed by atoms with Crippen LogP contribution in [0.4, 0.5) is 17.5 Å². The number of carbonyl (C=O) groups excluding carboxylic acids is 1. The fraction of sp³-hybridized carbons (Fsp3) is 0.448. The number of benzene rings is 1. The van der Waals surface area contributed by atoms with Gasteiger partial charge in [0.2, 0.25) is 11.9 Å². The molecule has 0 unspecified atom stereocenters. The number of hydrogen-bond donors (Lipinski definition) is 3. The number of fused-ring (bicyclic) bond motifs is 1. The first-order valence-electron chi connectivity index (χ1n) is 14.4. The molecule has 41 heavy (non-hydrogen) atoms. The summed E-state index contributed by atoms with van der Waals surface area (Å²) in [6.45, 7) is 8.21. The number of nitrogens with zero attached hydrogens (tertiary/aromatic N) is 6. The van der Waals surface area contributed by atoms with Gasteiger partial charge in [0.25, 0.3) is 0 Å². The number of nitrogens with one attached hydrogen (secondary N) is 3. The van der Waals surface area contributed by atoms with E-state index in [0.29, 0.717) is 23.5 Å². The lowest BCUT2D eigenvalue weighted by Gasteiger charge is -2.26. The summed E-state index contributed by atoms with van der Waals surface area (Å²) in [5.41, 5.74) is 2.52. The van der Waals surface area contributed by atoms with Gasteiger partial charge in [0.15, 0.2) is 11.0 Å². The number of aromatic nitrogens is 5. The molecule has 6 rings (SSSR count). The van der Waals surface area contributed by atoms with Gasteiger partial charge >= 0.3 is 0 Å². The Morgan fingerprint density at radius 1 is 1.10 bits per heavy atom. The van der Waals surface area contributed by atoms with Crippen molar-refractivity contribution in [3.8, 4) is 0 Å². The van der Waals surface area contributed by atoms with Crippen LogP contribution >= 0.6 is 11.8 Å². The van der Waals surface area contributed by atoms with Crippen LogP contribution in [0.1, 0.15) is 31.4 Å². The maximum Gasteiger partial charge on any atom is 0.238 e. The second kappa shape index (κ2) is 13.0. The van der Waals surface area contributed by atoms with Crippen molar-refractivity contribution in [2.75, 3.05) is 56.5 Å². The normalized spacial score (nSPS) is 18.2. The van der Waals surface area contributed by atoms with E-state index in [2.05, 4.69) is 35.6 Å². The maximum atomic E-state index is 12.7. The largest absolute Gasteiger partial charge is 0.376 e. The molecule has 1 aromatic carbocycles. The molecule has 5 heterocycles. The lowest BCUT2D eigenvalue weighted by Crippen LogP contribution is -2.35. The fourth-order valence-corrected chi connectivity index (χ4v) is 6.12. The van der Waals surface area contributed by atoms with Gasteiger partial charge in [0, 0.05) is 48.2 Å². The van der Waals surface area contributed by atoms with Crippen LogP contribution in [0.15, 0.2) is 58.7 Å². The van der Waals surface area contributed by atoms with Crippen LogP contribution in [0.5, 0.6) is 0 Å². The van der Waals surface area contributed by atoms with Gasteiger partial charge in [-0.2, -0.15) is 10.1 Å². The molecule has 216 valence electrons.